The number of nitrogens with zero attached hydrogens (tertiary/aromatic N) is 1. The van der Waals surface area contributed by atoms with Gasteiger partial charge in [0.25, 0.3) is 0 Å². The summed E-state index contributed by atoms with van der Waals surface area (Å²) in [6.45, 7) is 4.21. The Morgan fingerprint density at radius 3 is 2.60 bits per heavy atom. The van der Waals surface area contributed by atoms with Gasteiger partial charge in [0.2, 0.25) is 0 Å². The van der Waals surface area contributed by atoms with Crippen LogP contribution in [0.15, 0.2) is 28.7 Å². The lowest BCUT2D eigenvalue weighted by Gasteiger charge is -2.19. The molecule has 0 spiro atoms. The van der Waals surface area contributed by atoms with Gasteiger partial charge in [0.15, 0.2) is 0 Å². The summed E-state index contributed by atoms with van der Waals surface area (Å²) >= 11 is 3.52. The third-order valence-electron chi connectivity index (χ3n) is 3.41. The van der Waals surface area contributed by atoms with Gasteiger partial charge >= 0.3 is 0 Å². The van der Waals surface area contributed by atoms with Crippen molar-refractivity contribution in [2.45, 2.75) is 0 Å². The lowest BCUT2D eigenvalue weighted by atomic mass is 10.0. The van der Waals surface area contributed by atoms with E-state index in [0.29, 0.717) is 0 Å². The summed E-state index contributed by atoms with van der Waals surface area (Å²) in [5.41, 5.74) is 1.33. The lowest BCUT2D eigenvalue weighted by molar-refractivity contribution is 0.177. The molecule has 2 aliphatic rings. The Morgan fingerprint density at radius 1 is 1.20 bits per heavy atom. The zero-order valence-corrected chi connectivity index (χ0v) is 10.1. The van der Waals surface area contributed by atoms with Crippen molar-refractivity contribution in [1.29, 1.82) is 0 Å². The zero-order chi connectivity index (χ0) is 10.3. The predicted molar refractivity (Wildman–Crippen MR) is 64.2 cm³/mol. The average Bonchev–Trinajstić information content (AvgIpc) is 2.76. The minimum Gasteiger partial charge on any atom is -0.381 e. The Balaban J connectivity index is 1.79. The monoisotopic (exact) mass is 267 g/mol. The van der Waals surface area contributed by atoms with Gasteiger partial charge < -0.3 is 9.64 Å². The molecule has 2 atom stereocenters. The highest BCUT2D eigenvalue weighted by Crippen LogP contribution is 2.33. The van der Waals surface area contributed by atoms with Crippen LogP contribution in [0.25, 0.3) is 0 Å². The van der Waals surface area contributed by atoms with E-state index in [-0.39, 0.29) is 0 Å². The van der Waals surface area contributed by atoms with Gasteiger partial charge in [-0.1, -0.05) is 22.0 Å². The predicted octanol–water partition coefficient (Wildman–Crippen LogP) is 2.53. The number of fused-ring (bicyclic) bond motifs is 1. The number of hydrogen-bond acceptors (Lipinski definition) is 2. The zero-order valence-electron chi connectivity index (χ0n) is 8.53. The first-order valence-corrected chi connectivity index (χ1v) is 6.20. The van der Waals surface area contributed by atoms with Crippen molar-refractivity contribution in [3.63, 3.8) is 0 Å². The molecule has 0 aliphatic carbocycles. The lowest BCUT2D eigenvalue weighted by Crippen LogP contribution is -2.21. The molecule has 2 unspecified atom stereocenters. The molecule has 0 amide bonds. The summed E-state index contributed by atoms with van der Waals surface area (Å²) < 4.78 is 6.64. The van der Waals surface area contributed by atoms with Crippen molar-refractivity contribution in [2.75, 3.05) is 31.2 Å². The Kier molecular flexibility index (Phi) is 2.45. The standard InChI is InChI=1S/C12H14BrNO/c13-11-2-1-3-12(4-11)14-5-9-7-15-8-10(9)6-14/h1-4,9-10H,5-8H2. The van der Waals surface area contributed by atoms with E-state index in [1.165, 1.54) is 5.69 Å². The molecule has 2 nitrogen and oxygen atoms in total. The topological polar surface area (TPSA) is 12.5 Å². The van der Waals surface area contributed by atoms with Gasteiger partial charge in [-0.3, -0.25) is 0 Å². The van der Waals surface area contributed by atoms with Crippen molar-refractivity contribution in [1.82, 2.24) is 0 Å². The second-order valence-corrected chi connectivity index (χ2v) is 5.36. The van der Waals surface area contributed by atoms with Crippen LogP contribution in [0.5, 0.6) is 0 Å². The van der Waals surface area contributed by atoms with E-state index < -0.39 is 0 Å². The molecule has 0 N–H and O–H groups in total. The summed E-state index contributed by atoms with van der Waals surface area (Å²) in [5, 5.41) is 0. The summed E-state index contributed by atoms with van der Waals surface area (Å²) in [5.74, 6) is 1.51. The largest absolute Gasteiger partial charge is 0.381 e. The van der Waals surface area contributed by atoms with Gasteiger partial charge in [-0.2, -0.15) is 0 Å². The van der Waals surface area contributed by atoms with Crippen LogP contribution in [0.4, 0.5) is 5.69 Å². The van der Waals surface area contributed by atoms with Crippen molar-refractivity contribution in [2.24, 2.45) is 11.8 Å². The molecule has 2 fully saturated rings. The molecule has 2 heterocycles. The molecule has 2 aliphatic heterocycles. The van der Waals surface area contributed by atoms with Gasteiger partial charge in [-0.15, -0.1) is 0 Å². The van der Waals surface area contributed by atoms with Crippen LogP contribution in [0.1, 0.15) is 0 Å². The number of rotatable bonds is 1. The van der Waals surface area contributed by atoms with E-state index in [9.17, 15) is 0 Å². The summed E-state index contributed by atoms with van der Waals surface area (Å²) in [4.78, 5) is 2.47. The average molecular weight is 268 g/mol. The maximum atomic E-state index is 5.48. The molecule has 3 rings (SSSR count). The molecular weight excluding hydrogens is 254 g/mol. The van der Waals surface area contributed by atoms with Crippen LogP contribution >= 0.6 is 15.9 Å². The first-order chi connectivity index (χ1) is 7.33. The van der Waals surface area contributed by atoms with Gasteiger partial charge in [-0.05, 0) is 18.2 Å². The Morgan fingerprint density at radius 2 is 1.93 bits per heavy atom. The summed E-state index contributed by atoms with van der Waals surface area (Å²) in [7, 11) is 0. The molecule has 15 heavy (non-hydrogen) atoms. The minimum atomic E-state index is 0.754. The SMILES string of the molecule is Brc1cccc(N2CC3COCC3C2)c1. The normalized spacial score (nSPS) is 29.5. The fourth-order valence-electron chi connectivity index (χ4n) is 2.57. The molecule has 80 valence electrons. The third kappa shape index (κ3) is 1.79. The van der Waals surface area contributed by atoms with E-state index in [0.717, 1.165) is 42.6 Å². The fraction of sp³-hybridized carbons (Fsp3) is 0.500. The van der Waals surface area contributed by atoms with Gasteiger partial charge in [0, 0.05) is 35.1 Å². The van der Waals surface area contributed by atoms with Crippen molar-refractivity contribution in [3.8, 4) is 0 Å². The van der Waals surface area contributed by atoms with E-state index in [1.54, 1.807) is 0 Å². The van der Waals surface area contributed by atoms with E-state index in [4.69, 9.17) is 4.74 Å². The van der Waals surface area contributed by atoms with Crippen molar-refractivity contribution < 1.29 is 4.74 Å². The quantitative estimate of drug-likeness (QED) is 0.776. The highest BCUT2D eigenvalue weighted by atomic mass is 79.9. The number of halogens is 1. The molecule has 0 saturated carbocycles. The second-order valence-electron chi connectivity index (χ2n) is 4.44. The first-order valence-electron chi connectivity index (χ1n) is 5.41. The Labute approximate surface area is 98.4 Å². The Hall–Kier alpha value is -0.540. The molecule has 2 saturated heterocycles. The van der Waals surface area contributed by atoms with Gasteiger partial charge in [0.1, 0.15) is 0 Å². The third-order valence-corrected chi connectivity index (χ3v) is 3.91. The van der Waals surface area contributed by atoms with Crippen molar-refractivity contribution >= 4 is 21.6 Å². The molecule has 3 heteroatoms. The second kappa shape index (κ2) is 3.80. The smallest absolute Gasteiger partial charge is 0.0515 e. The molecule has 1 aromatic rings. The van der Waals surface area contributed by atoms with Crippen LogP contribution in [0, 0.1) is 11.8 Å². The first kappa shape index (κ1) is 9.67. The van der Waals surface area contributed by atoms with Crippen LogP contribution in [-0.4, -0.2) is 26.3 Å². The van der Waals surface area contributed by atoms with Crippen LogP contribution < -0.4 is 4.90 Å². The molecule has 0 aromatic heterocycles. The maximum Gasteiger partial charge on any atom is 0.0515 e. The summed E-state index contributed by atoms with van der Waals surface area (Å²) in [6, 6.07) is 8.56. The van der Waals surface area contributed by atoms with Crippen LogP contribution in [0.3, 0.4) is 0 Å². The van der Waals surface area contributed by atoms with Gasteiger partial charge in [-0.25, -0.2) is 0 Å². The number of hydrogen-bond donors (Lipinski definition) is 0. The van der Waals surface area contributed by atoms with E-state index in [2.05, 4.69) is 45.1 Å². The van der Waals surface area contributed by atoms with E-state index >= 15 is 0 Å². The number of ether oxygens (including phenoxy) is 1. The van der Waals surface area contributed by atoms with Crippen LogP contribution in [-0.2, 0) is 4.74 Å². The summed E-state index contributed by atoms with van der Waals surface area (Å²) in [6.07, 6.45) is 0. The van der Waals surface area contributed by atoms with Crippen molar-refractivity contribution in [3.05, 3.63) is 28.7 Å². The highest BCUT2D eigenvalue weighted by molar-refractivity contribution is 9.10. The molecular formula is C12H14BrNO. The van der Waals surface area contributed by atoms with E-state index in [1.807, 2.05) is 0 Å². The molecule has 1 aromatic carbocycles. The number of benzene rings is 1. The molecule has 0 bridgehead atoms. The maximum absolute atomic E-state index is 5.48. The Bertz CT molecular complexity index is 356. The van der Waals surface area contributed by atoms with Crippen LogP contribution in [0.2, 0.25) is 0 Å². The fourth-order valence-corrected chi connectivity index (χ4v) is 2.96. The highest BCUT2D eigenvalue weighted by Gasteiger charge is 2.37. The minimum absolute atomic E-state index is 0.754. The molecule has 0 radical (unpaired) electrons. The van der Waals surface area contributed by atoms with Gasteiger partial charge in [0.05, 0.1) is 13.2 Å². The number of anilines is 1.